The Morgan fingerprint density at radius 3 is 2.89 bits per heavy atom. The van der Waals surface area contributed by atoms with Crippen molar-refractivity contribution in [1.82, 2.24) is 4.57 Å². The van der Waals surface area contributed by atoms with Crippen molar-refractivity contribution in [1.29, 1.82) is 0 Å². The van der Waals surface area contributed by atoms with Gasteiger partial charge in [0.1, 0.15) is 0 Å². The van der Waals surface area contributed by atoms with Gasteiger partial charge in [-0.1, -0.05) is 23.7 Å². The smallest absolute Gasteiger partial charge is 0.164 e. The molecule has 1 aliphatic carbocycles. The normalized spacial score (nSPS) is 14.6. The van der Waals surface area contributed by atoms with Crippen LogP contribution in [-0.2, 0) is 13.0 Å². The van der Waals surface area contributed by atoms with Gasteiger partial charge in [-0.3, -0.25) is 4.79 Å². The summed E-state index contributed by atoms with van der Waals surface area (Å²) >= 11 is 5.97. The summed E-state index contributed by atoms with van der Waals surface area (Å²) in [6, 6.07) is 7.83. The number of Topliss-reactive ketones (excluding diaryl/α,β-unsaturated/α-hetero) is 1. The number of hydrogen-bond acceptors (Lipinski definition) is 1. The van der Waals surface area contributed by atoms with E-state index in [0.29, 0.717) is 6.42 Å². The van der Waals surface area contributed by atoms with Gasteiger partial charge in [0.15, 0.2) is 5.78 Å². The van der Waals surface area contributed by atoms with E-state index in [2.05, 4.69) is 10.8 Å². The van der Waals surface area contributed by atoms with Gasteiger partial charge in [-0.25, -0.2) is 0 Å². The summed E-state index contributed by atoms with van der Waals surface area (Å²) < 4.78 is 2.08. The zero-order valence-electron chi connectivity index (χ0n) is 10.0. The molecule has 1 heterocycles. The molecule has 2 aromatic rings. The molecule has 0 amide bonds. The fraction of sp³-hybridized carbons (Fsp3) is 0.267. The minimum absolute atomic E-state index is 0.279. The third-order valence-electron chi connectivity index (χ3n) is 3.37. The van der Waals surface area contributed by atoms with Crippen LogP contribution < -0.4 is 0 Å². The molecule has 1 aromatic carbocycles. The van der Waals surface area contributed by atoms with E-state index >= 15 is 0 Å². The molecule has 1 aliphatic rings. The van der Waals surface area contributed by atoms with Crippen LogP contribution in [0.3, 0.4) is 0 Å². The Hall–Kier alpha value is -1.54. The molecule has 1 aromatic heterocycles. The van der Waals surface area contributed by atoms with Crippen LogP contribution in [0.1, 0.15) is 34.3 Å². The van der Waals surface area contributed by atoms with Gasteiger partial charge in [0.05, 0.1) is 0 Å². The molecular weight excluding hydrogens is 246 g/mol. The fourth-order valence-electron chi connectivity index (χ4n) is 2.52. The first-order chi connectivity index (χ1) is 8.72. The van der Waals surface area contributed by atoms with Crippen molar-refractivity contribution >= 4 is 17.4 Å². The van der Waals surface area contributed by atoms with Gasteiger partial charge in [0.25, 0.3) is 0 Å². The van der Waals surface area contributed by atoms with Crippen LogP contribution in [0.4, 0.5) is 0 Å². The Balaban J connectivity index is 1.88. The molecule has 0 atom stereocenters. The SMILES string of the molecule is O=C1CCCc2cn(Cc3cccc(Cl)c3)cc21. The molecular formula is C15H14ClNO. The van der Waals surface area contributed by atoms with E-state index in [0.717, 1.165) is 35.5 Å². The summed E-state index contributed by atoms with van der Waals surface area (Å²) in [6.07, 6.45) is 6.75. The lowest BCUT2D eigenvalue weighted by Gasteiger charge is -2.07. The van der Waals surface area contributed by atoms with Crippen LogP contribution in [0, 0.1) is 0 Å². The van der Waals surface area contributed by atoms with Gasteiger partial charge < -0.3 is 4.57 Å². The first-order valence-electron chi connectivity index (χ1n) is 6.19. The Bertz CT molecular complexity index is 600. The maximum absolute atomic E-state index is 11.8. The molecule has 18 heavy (non-hydrogen) atoms. The van der Waals surface area contributed by atoms with E-state index in [-0.39, 0.29) is 5.78 Å². The van der Waals surface area contributed by atoms with Crippen molar-refractivity contribution in [2.45, 2.75) is 25.8 Å². The van der Waals surface area contributed by atoms with Crippen LogP contribution in [-0.4, -0.2) is 10.4 Å². The molecule has 0 N–H and O–H groups in total. The number of aryl methyl sites for hydroxylation is 1. The number of rotatable bonds is 2. The minimum atomic E-state index is 0.279. The summed E-state index contributed by atoms with van der Waals surface area (Å²) in [5.74, 6) is 0.279. The second-order valence-corrected chi connectivity index (χ2v) is 5.21. The third-order valence-corrected chi connectivity index (χ3v) is 3.60. The topological polar surface area (TPSA) is 22.0 Å². The van der Waals surface area contributed by atoms with Crippen molar-refractivity contribution < 1.29 is 4.79 Å². The largest absolute Gasteiger partial charge is 0.349 e. The van der Waals surface area contributed by atoms with Crippen LogP contribution in [0.25, 0.3) is 0 Å². The van der Waals surface area contributed by atoms with Crippen molar-refractivity contribution in [3.63, 3.8) is 0 Å². The van der Waals surface area contributed by atoms with Crippen LogP contribution in [0.15, 0.2) is 36.7 Å². The van der Waals surface area contributed by atoms with Crippen LogP contribution >= 0.6 is 11.6 Å². The Labute approximate surface area is 111 Å². The van der Waals surface area contributed by atoms with Crippen molar-refractivity contribution in [3.8, 4) is 0 Å². The highest BCUT2D eigenvalue weighted by molar-refractivity contribution is 6.30. The van der Waals surface area contributed by atoms with Gasteiger partial charge in [-0.15, -0.1) is 0 Å². The lowest BCUT2D eigenvalue weighted by molar-refractivity contribution is 0.0973. The molecule has 0 bridgehead atoms. The van der Waals surface area contributed by atoms with E-state index < -0.39 is 0 Å². The summed E-state index contributed by atoms with van der Waals surface area (Å²) in [6.45, 7) is 0.765. The number of benzene rings is 1. The standard InChI is InChI=1S/C15H14ClNO/c16-13-5-1-3-11(7-13)8-17-9-12-4-2-6-15(18)14(12)10-17/h1,3,5,7,9-10H,2,4,6,8H2. The number of hydrogen-bond donors (Lipinski definition) is 0. The summed E-state index contributed by atoms with van der Waals surface area (Å²) in [4.78, 5) is 11.8. The summed E-state index contributed by atoms with van der Waals surface area (Å²) in [7, 11) is 0. The maximum Gasteiger partial charge on any atom is 0.164 e. The first-order valence-corrected chi connectivity index (χ1v) is 6.56. The zero-order valence-corrected chi connectivity index (χ0v) is 10.8. The van der Waals surface area contributed by atoms with Crippen molar-refractivity contribution in [3.05, 3.63) is 58.4 Å². The molecule has 3 heteroatoms. The number of halogens is 1. The lowest BCUT2D eigenvalue weighted by Crippen LogP contribution is -2.07. The molecule has 0 aliphatic heterocycles. The predicted molar refractivity (Wildman–Crippen MR) is 72.3 cm³/mol. The Morgan fingerprint density at radius 1 is 1.22 bits per heavy atom. The highest BCUT2D eigenvalue weighted by Gasteiger charge is 2.18. The second-order valence-electron chi connectivity index (χ2n) is 4.78. The second kappa shape index (κ2) is 4.62. The monoisotopic (exact) mass is 259 g/mol. The molecule has 3 rings (SSSR count). The van der Waals surface area contributed by atoms with Gasteiger partial charge >= 0.3 is 0 Å². The fourth-order valence-corrected chi connectivity index (χ4v) is 2.73. The van der Waals surface area contributed by atoms with E-state index in [1.165, 1.54) is 5.56 Å². The number of aromatic nitrogens is 1. The number of carbonyl (C=O) groups excluding carboxylic acids is 1. The summed E-state index contributed by atoms with van der Waals surface area (Å²) in [5.41, 5.74) is 3.25. The minimum Gasteiger partial charge on any atom is -0.349 e. The van der Waals surface area contributed by atoms with Crippen LogP contribution in [0.5, 0.6) is 0 Å². The van der Waals surface area contributed by atoms with Crippen molar-refractivity contribution in [2.75, 3.05) is 0 Å². The van der Waals surface area contributed by atoms with E-state index in [1.54, 1.807) is 0 Å². The third kappa shape index (κ3) is 2.21. The molecule has 0 saturated carbocycles. The predicted octanol–water partition coefficient (Wildman–Crippen LogP) is 3.71. The molecule has 0 radical (unpaired) electrons. The van der Waals surface area contributed by atoms with Gasteiger partial charge in [-0.05, 0) is 36.1 Å². The Kier molecular flexibility index (Phi) is 2.96. The van der Waals surface area contributed by atoms with Crippen LogP contribution in [0.2, 0.25) is 5.02 Å². The van der Waals surface area contributed by atoms with E-state index in [9.17, 15) is 4.79 Å². The van der Waals surface area contributed by atoms with E-state index in [4.69, 9.17) is 11.6 Å². The number of ketones is 1. The lowest BCUT2D eigenvalue weighted by atomic mass is 9.95. The average molecular weight is 260 g/mol. The molecule has 2 nitrogen and oxygen atoms in total. The van der Waals surface area contributed by atoms with Gasteiger partial charge in [0, 0.05) is 35.9 Å². The molecule has 0 unspecified atom stereocenters. The molecule has 0 fully saturated rings. The molecule has 92 valence electrons. The number of carbonyl (C=O) groups is 1. The first kappa shape index (κ1) is 11.5. The Morgan fingerprint density at radius 2 is 2.11 bits per heavy atom. The maximum atomic E-state index is 11.8. The summed E-state index contributed by atoms with van der Waals surface area (Å²) in [5, 5.41) is 0.750. The molecule has 0 spiro atoms. The van der Waals surface area contributed by atoms with Gasteiger partial charge in [0.2, 0.25) is 0 Å². The average Bonchev–Trinajstić information content (AvgIpc) is 2.73. The number of fused-ring (bicyclic) bond motifs is 1. The molecule has 0 saturated heterocycles. The van der Waals surface area contributed by atoms with Crippen molar-refractivity contribution in [2.24, 2.45) is 0 Å². The van der Waals surface area contributed by atoms with E-state index in [1.807, 2.05) is 30.5 Å². The quantitative estimate of drug-likeness (QED) is 0.806. The zero-order chi connectivity index (χ0) is 12.5. The highest BCUT2D eigenvalue weighted by Crippen LogP contribution is 2.23. The number of nitrogens with zero attached hydrogens (tertiary/aromatic N) is 1. The highest BCUT2D eigenvalue weighted by atomic mass is 35.5. The van der Waals surface area contributed by atoms with Gasteiger partial charge in [-0.2, -0.15) is 0 Å².